The molecule has 1 amide bonds. The van der Waals surface area contributed by atoms with E-state index in [-0.39, 0.29) is 5.91 Å². The molecule has 0 aliphatic carbocycles. The smallest absolute Gasteiger partial charge is 0.276 e. The number of carbonyl (C=O) groups excluding carboxylic acids is 1. The van der Waals surface area contributed by atoms with Crippen LogP contribution in [0.3, 0.4) is 0 Å². The highest BCUT2D eigenvalue weighted by atomic mass is 16.5. The summed E-state index contributed by atoms with van der Waals surface area (Å²) >= 11 is 0. The second-order valence-electron chi connectivity index (χ2n) is 6.36. The normalized spacial score (nSPS) is 10.6. The Balaban J connectivity index is 1.89. The van der Waals surface area contributed by atoms with E-state index in [4.69, 9.17) is 9.47 Å². The van der Waals surface area contributed by atoms with Crippen LogP contribution in [-0.2, 0) is 7.05 Å². The van der Waals surface area contributed by atoms with Crippen molar-refractivity contribution in [2.45, 2.75) is 13.8 Å². The van der Waals surface area contributed by atoms with E-state index < -0.39 is 0 Å². The van der Waals surface area contributed by atoms with Crippen molar-refractivity contribution >= 4 is 11.6 Å². The van der Waals surface area contributed by atoms with Gasteiger partial charge in [-0.25, -0.2) is 0 Å². The van der Waals surface area contributed by atoms with Crippen molar-refractivity contribution < 1.29 is 14.3 Å². The van der Waals surface area contributed by atoms with Crippen molar-refractivity contribution in [2.75, 3.05) is 19.5 Å². The zero-order chi connectivity index (χ0) is 19.6. The maximum Gasteiger partial charge on any atom is 0.276 e. The molecule has 0 atom stereocenters. The molecule has 1 N–H and O–H groups in total. The van der Waals surface area contributed by atoms with Gasteiger partial charge in [0.25, 0.3) is 5.91 Å². The third kappa shape index (κ3) is 3.79. The number of anilines is 1. The summed E-state index contributed by atoms with van der Waals surface area (Å²) in [6, 6.07) is 13.2. The van der Waals surface area contributed by atoms with Gasteiger partial charge in [-0.3, -0.25) is 9.48 Å². The number of rotatable bonds is 5. The quantitative estimate of drug-likeness (QED) is 0.743. The predicted octanol–water partition coefficient (Wildman–Crippen LogP) is 3.97. The Morgan fingerprint density at radius 3 is 2.44 bits per heavy atom. The minimum absolute atomic E-state index is 0.313. The fourth-order valence-electron chi connectivity index (χ4n) is 2.85. The van der Waals surface area contributed by atoms with Crippen LogP contribution in [0.15, 0.2) is 42.5 Å². The SMILES string of the molecule is COc1ccc(OC)c(NC(=O)c2cc(-c3ccc(C)c(C)c3)n(C)n2)c1. The molecule has 6 heteroatoms. The predicted molar refractivity (Wildman–Crippen MR) is 106 cm³/mol. The number of hydrogen-bond acceptors (Lipinski definition) is 4. The number of benzene rings is 2. The van der Waals surface area contributed by atoms with Gasteiger partial charge in [0.05, 0.1) is 25.6 Å². The lowest BCUT2D eigenvalue weighted by molar-refractivity contribution is 0.102. The van der Waals surface area contributed by atoms with Gasteiger partial charge >= 0.3 is 0 Å². The third-order valence-electron chi connectivity index (χ3n) is 4.57. The number of methoxy groups -OCH3 is 2. The number of hydrogen-bond donors (Lipinski definition) is 1. The fourth-order valence-corrected chi connectivity index (χ4v) is 2.85. The summed E-state index contributed by atoms with van der Waals surface area (Å²) in [6.45, 7) is 4.14. The number of nitrogens with zero attached hydrogens (tertiary/aromatic N) is 2. The Morgan fingerprint density at radius 1 is 1.00 bits per heavy atom. The van der Waals surface area contributed by atoms with E-state index in [0.717, 1.165) is 11.3 Å². The zero-order valence-corrected chi connectivity index (χ0v) is 16.2. The molecule has 0 fully saturated rings. The molecule has 3 aromatic rings. The van der Waals surface area contributed by atoms with Crippen LogP contribution < -0.4 is 14.8 Å². The van der Waals surface area contributed by atoms with Crippen molar-refractivity contribution in [3.8, 4) is 22.8 Å². The van der Waals surface area contributed by atoms with E-state index in [1.54, 1.807) is 43.2 Å². The molecule has 140 valence electrons. The Bertz CT molecular complexity index is 992. The first-order valence-electron chi connectivity index (χ1n) is 8.58. The molecule has 0 spiro atoms. The van der Waals surface area contributed by atoms with Crippen molar-refractivity contribution in [3.63, 3.8) is 0 Å². The van der Waals surface area contributed by atoms with Gasteiger partial charge in [0, 0.05) is 18.7 Å². The molecule has 0 radical (unpaired) electrons. The van der Waals surface area contributed by atoms with Crippen LogP contribution in [0.25, 0.3) is 11.3 Å². The Hall–Kier alpha value is -3.28. The van der Waals surface area contributed by atoms with E-state index in [1.807, 2.05) is 13.1 Å². The Morgan fingerprint density at radius 2 is 1.78 bits per heavy atom. The maximum absolute atomic E-state index is 12.7. The molecule has 0 saturated heterocycles. The van der Waals surface area contributed by atoms with Crippen LogP contribution in [0.5, 0.6) is 11.5 Å². The summed E-state index contributed by atoms with van der Waals surface area (Å²) in [5.74, 6) is 0.865. The molecule has 0 aliphatic heterocycles. The summed E-state index contributed by atoms with van der Waals surface area (Å²) in [7, 11) is 4.95. The summed E-state index contributed by atoms with van der Waals surface area (Å²) in [6.07, 6.45) is 0. The van der Waals surface area contributed by atoms with E-state index in [1.165, 1.54) is 11.1 Å². The van der Waals surface area contributed by atoms with Crippen molar-refractivity contribution in [1.82, 2.24) is 9.78 Å². The maximum atomic E-state index is 12.7. The first-order valence-corrected chi connectivity index (χ1v) is 8.58. The topological polar surface area (TPSA) is 65.4 Å². The van der Waals surface area contributed by atoms with E-state index >= 15 is 0 Å². The number of carbonyl (C=O) groups is 1. The molecule has 6 nitrogen and oxygen atoms in total. The van der Waals surface area contributed by atoms with Crippen LogP contribution in [0, 0.1) is 13.8 Å². The van der Waals surface area contributed by atoms with Crippen molar-refractivity contribution in [1.29, 1.82) is 0 Å². The molecule has 1 heterocycles. The first-order chi connectivity index (χ1) is 12.9. The standard InChI is InChI=1S/C21H23N3O3/c1-13-6-7-15(10-14(13)2)19-12-18(23-24(19)3)21(25)22-17-11-16(26-4)8-9-20(17)27-5/h6-12H,1-5H3,(H,22,25). The van der Waals surface area contributed by atoms with Crippen LogP contribution >= 0.6 is 0 Å². The van der Waals surface area contributed by atoms with Crippen LogP contribution in [-0.4, -0.2) is 29.9 Å². The molecule has 0 aliphatic rings. The van der Waals surface area contributed by atoms with Crippen LogP contribution in [0.4, 0.5) is 5.69 Å². The van der Waals surface area contributed by atoms with Gasteiger partial charge < -0.3 is 14.8 Å². The minimum atomic E-state index is -0.313. The lowest BCUT2D eigenvalue weighted by Crippen LogP contribution is -2.13. The molecule has 0 bridgehead atoms. The minimum Gasteiger partial charge on any atom is -0.497 e. The summed E-state index contributed by atoms with van der Waals surface area (Å²) in [5, 5.41) is 7.21. The lowest BCUT2D eigenvalue weighted by atomic mass is 10.0. The van der Waals surface area contributed by atoms with Gasteiger partial charge in [-0.1, -0.05) is 12.1 Å². The average Bonchev–Trinajstić information content (AvgIpc) is 3.05. The highest BCUT2D eigenvalue weighted by Crippen LogP contribution is 2.29. The lowest BCUT2D eigenvalue weighted by Gasteiger charge is -2.10. The van der Waals surface area contributed by atoms with E-state index in [2.05, 4.69) is 36.4 Å². The third-order valence-corrected chi connectivity index (χ3v) is 4.57. The summed E-state index contributed by atoms with van der Waals surface area (Å²) in [4.78, 5) is 12.7. The second-order valence-corrected chi connectivity index (χ2v) is 6.36. The van der Waals surface area contributed by atoms with Gasteiger partial charge in [-0.05, 0) is 49.2 Å². The molecule has 0 saturated carbocycles. The molecule has 1 aromatic heterocycles. The first kappa shape index (κ1) is 18.5. The molecule has 3 rings (SSSR count). The number of nitrogens with one attached hydrogen (secondary N) is 1. The van der Waals surface area contributed by atoms with Crippen LogP contribution in [0.2, 0.25) is 0 Å². The molecular weight excluding hydrogens is 342 g/mol. The van der Waals surface area contributed by atoms with Crippen LogP contribution in [0.1, 0.15) is 21.6 Å². The molecule has 2 aromatic carbocycles. The van der Waals surface area contributed by atoms with Gasteiger partial charge in [-0.2, -0.15) is 5.10 Å². The average molecular weight is 365 g/mol. The second kappa shape index (κ2) is 7.53. The van der Waals surface area contributed by atoms with Gasteiger partial charge in [0.1, 0.15) is 11.5 Å². The van der Waals surface area contributed by atoms with Crippen molar-refractivity contribution in [3.05, 3.63) is 59.3 Å². The molecule has 27 heavy (non-hydrogen) atoms. The summed E-state index contributed by atoms with van der Waals surface area (Å²) in [5.41, 5.74) is 5.17. The van der Waals surface area contributed by atoms with Crippen molar-refractivity contribution in [2.24, 2.45) is 7.05 Å². The van der Waals surface area contributed by atoms with E-state index in [9.17, 15) is 4.79 Å². The van der Waals surface area contributed by atoms with Gasteiger partial charge in [-0.15, -0.1) is 0 Å². The Labute approximate surface area is 158 Å². The van der Waals surface area contributed by atoms with E-state index in [0.29, 0.717) is 22.9 Å². The summed E-state index contributed by atoms with van der Waals surface area (Å²) < 4.78 is 12.2. The van der Waals surface area contributed by atoms with Gasteiger partial charge in [0.2, 0.25) is 0 Å². The number of aromatic nitrogens is 2. The zero-order valence-electron chi connectivity index (χ0n) is 16.2. The fraction of sp³-hybridized carbons (Fsp3) is 0.238. The highest BCUT2D eigenvalue weighted by molar-refractivity contribution is 6.04. The molecular formula is C21H23N3O3. The molecule has 0 unspecified atom stereocenters. The Kier molecular flexibility index (Phi) is 5.16. The van der Waals surface area contributed by atoms with Gasteiger partial charge in [0.15, 0.2) is 5.69 Å². The number of ether oxygens (including phenoxy) is 2. The monoisotopic (exact) mass is 365 g/mol. The number of aryl methyl sites for hydroxylation is 3. The number of amides is 1. The highest BCUT2D eigenvalue weighted by Gasteiger charge is 2.16. The largest absolute Gasteiger partial charge is 0.497 e.